The van der Waals surface area contributed by atoms with Gasteiger partial charge in [-0.15, -0.1) is 5.92 Å². The number of rotatable bonds is 1. The molecule has 0 heterocycles. The smallest absolute Gasteiger partial charge is 0.405 e. The summed E-state index contributed by atoms with van der Waals surface area (Å²) in [5.41, 5.74) is 4.03. The van der Waals surface area contributed by atoms with Crippen molar-refractivity contribution in [1.29, 1.82) is 0 Å². The van der Waals surface area contributed by atoms with E-state index in [1.54, 1.807) is 6.92 Å². The van der Waals surface area contributed by atoms with E-state index in [9.17, 15) is 4.79 Å². The second-order valence-corrected chi connectivity index (χ2v) is 1.42. The summed E-state index contributed by atoms with van der Waals surface area (Å²) in [5.74, 6) is 5.08. The molecule has 0 aliphatic carbocycles. The Morgan fingerprint density at radius 3 is 2.17 bits per heavy atom. The first-order valence-electron chi connectivity index (χ1n) is 2.85. The first kappa shape index (κ1) is 12.7. The molecule has 0 rings (SSSR count). The molecule has 0 radical (unpaired) electrons. The SMILES string of the molecule is CC#CCNC(=O)O.NC(=O)O. The molecule has 0 spiro atoms. The van der Waals surface area contributed by atoms with Crippen molar-refractivity contribution in [3.63, 3.8) is 0 Å². The number of hydrogen-bond donors (Lipinski definition) is 4. The van der Waals surface area contributed by atoms with Gasteiger partial charge in [0.1, 0.15) is 0 Å². The average Bonchev–Trinajstić information content (AvgIpc) is 1.86. The first-order valence-corrected chi connectivity index (χ1v) is 2.85. The molecule has 0 aromatic heterocycles. The number of hydrogen-bond acceptors (Lipinski definition) is 2. The lowest BCUT2D eigenvalue weighted by Crippen LogP contribution is -2.20. The van der Waals surface area contributed by atoms with Gasteiger partial charge in [-0.25, -0.2) is 9.59 Å². The van der Waals surface area contributed by atoms with Crippen molar-refractivity contribution in [2.75, 3.05) is 6.54 Å². The van der Waals surface area contributed by atoms with Crippen LogP contribution in [0.4, 0.5) is 9.59 Å². The molecule has 0 fully saturated rings. The van der Waals surface area contributed by atoms with Crippen molar-refractivity contribution in [3.8, 4) is 11.8 Å². The van der Waals surface area contributed by atoms with Crippen molar-refractivity contribution in [1.82, 2.24) is 5.32 Å². The van der Waals surface area contributed by atoms with Gasteiger partial charge in [-0.2, -0.15) is 0 Å². The van der Waals surface area contributed by atoms with E-state index in [0.29, 0.717) is 0 Å². The fourth-order valence-electron chi connectivity index (χ4n) is 0.208. The molecule has 6 heteroatoms. The maximum atomic E-state index is 9.70. The lowest BCUT2D eigenvalue weighted by Gasteiger charge is -1.87. The zero-order chi connectivity index (χ0) is 9.98. The zero-order valence-electron chi connectivity index (χ0n) is 6.50. The van der Waals surface area contributed by atoms with Crippen LogP contribution in [-0.4, -0.2) is 28.9 Å². The standard InChI is InChI=1S/C5H7NO2.CH3NO2/c1-2-3-4-6-5(7)8;2-1(3)4/h6H,4H2,1H3,(H,7,8);2H2,(H,3,4). The van der Waals surface area contributed by atoms with Gasteiger partial charge < -0.3 is 21.3 Å². The number of nitrogens with two attached hydrogens (primary N) is 1. The molecule has 2 amide bonds. The molecule has 0 saturated heterocycles. The van der Waals surface area contributed by atoms with Gasteiger partial charge in [-0.1, -0.05) is 5.92 Å². The molecule has 0 unspecified atom stereocenters. The third kappa shape index (κ3) is 42.5. The Kier molecular flexibility index (Phi) is 9.67. The third-order valence-electron chi connectivity index (χ3n) is 0.505. The minimum absolute atomic E-state index is 0.214. The van der Waals surface area contributed by atoms with Crippen LogP contribution in [0.5, 0.6) is 0 Å². The molecule has 0 atom stereocenters. The topological polar surface area (TPSA) is 113 Å². The molecular weight excluding hydrogens is 164 g/mol. The van der Waals surface area contributed by atoms with Gasteiger partial charge in [0, 0.05) is 0 Å². The fourth-order valence-corrected chi connectivity index (χ4v) is 0.208. The molecule has 0 aromatic rings. The van der Waals surface area contributed by atoms with Crippen LogP contribution in [0.3, 0.4) is 0 Å². The van der Waals surface area contributed by atoms with Gasteiger partial charge in [0.05, 0.1) is 6.54 Å². The second-order valence-electron chi connectivity index (χ2n) is 1.42. The minimum Gasteiger partial charge on any atom is -0.465 e. The number of primary amides is 1. The van der Waals surface area contributed by atoms with Crippen LogP contribution in [0.2, 0.25) is 0 Å². The Morgan fingerprint density at radius 2 is 1.92 bits per heavy atom. The normalized spacial score (nSPS) is 6.42. The van der Waals surface area contributed by atoms with E-state index in [1.807, 2.05) is 0 Å². The summed E-state index contributed by atoms with van der Waals surface area (Å²) in [6.07, 6.45) is -2.37. The van der Waals surface area contributed by atoms with Crippen molar-refractivity contribution >= 4 is 12.2 Å². The maximum absolute atomic E-state index is 9.70. The van der Waals surface area contributed by atoms with Crippen LogP contribution < -0.4 is 11.1 Å². The minimum atomic E-state index is -1.33. The van der Waals surface area contributed by atoms with Crippen LogP contribution in [0.15, 0.2) is 0 Å². The summed E-state index contributed by atoms with van der Waals surface area (Å²) in [6.45, 7) is 1.87. The van der Waals surface area contributed by atoms with E-state index in [1.165, 1.54) is 0 Å². The number of carbonyl (C=O) groups is 2. The summed E-state index contributed by atoms with van der Waals surface area (Å²) in [5, 5.41) is 17.2. The second kappa shape index (κ2) is 9.10. The lowest BCUT2D eigenvalue weighted by atomic mass is 10.6. The molecule has 6 nitrogen and oxygen atoms in total. The molecule has 0 bridgehead atoms. The third-order valence-corrected chi connectivity index (χ3v) is 0.505. The van der Waals surface area contributed by atoms with E-state index in [2.05, 4.69) is 22.9 Å². The van der Waals surface area contributed by atoms with Crippen LogP contribution in [0.25, 0.3) is 0 Å². The molecule has 68 valence electrons. The molecule has 0 aliphatic rings. The summed E-state index contributed by atoms with van der Waals surface area (Å²) < 4.78 is 0. The van der Waals surface area contributed by atoms with Crippen molar-refractivity contribution < 1.29 is 19.8 Å². The quantitative estimate of drug-likeness (QED) is 0.416. The molecular formula is C6H10N2O4. The predicted octanol–water partition coefficient (Wildman–Crippen LogP) is -0.0996. The molecule has 0 saturated carbocycles. The number of carboxylic acid groups (broad SMARTS) is 2. The Bertz CT molecular complexity index is 199. The fraction of sp³-hybridized carbons (Fsp3) is 0.333. The Hall–Kier alpha value is -1.90. The van der Waals surface area contributed by atoms with Gasteiger partial charge in [0.15, 0.2) is 0 Å². The van der Waals surface area contributed by atoms with E-state index in [4.69, 9.17) is 15.0 Å². The maximum Gasteiger partial charge on any atom is 0.405 e. The average molecular weight is 174 g/mol. The van der Waals surface area contributed by atoms with E-state index >= 15 is 0 Å². The zero-order valence-corrected chi connectivity index (χ0v) is 6.50. The molecule has 12 heavy (non-hydrogen) atoms. The monoisotopic (exact) mass is 174 g/mol. The van der Waals surface area contributed by atoms with Gasteiger partial charge >= 0.3 is 12.2 Å². The van der Waals surface area contributed by atoms with Gasteiger partial charge in [-0.05, 0) is 6.92 Å². The number of amides is 2. The van der Waals surface area contributed by atoms with Gasteiger partial charge in [0.25, 0.3) is 0 Å². The van der Waals surface area contributed by atoms with Crippen LogP contribution in [0, 0.1) is 11.8 Å². The van der Waals surface area contributed by atoms with Crippen LogP contribution in [-0.2, 0) is 0 Å². The molecule has 0 aliphatic heterocycles. The van der Waals surface area contributed by atoms with Crippen LogP contribution >= 0.6 is 0 Å². The number of nitrogens with one attached hydrogen (secondary N) is 1. The highest BCUT2D eigenvalue weighted by Crippen LogP contribution is 1.57. The highest BCUT2D eigenvalue weighted by molar-refractivity contribution is 5.64. The van der Waals surface area contributed by atoms with E-state index in [-0.39, 0.29) is 6.54 Å². The largest absolute Gasteiger partial charge is 0.465 e. The Labute approximate surface area is 69.4 Å². The Balaban J connectivity index is 0. The molecule has 5 N–H and O–H groups in total. The predicted molar refractivity (Wildman–Crippen MR) is 41.7 cm³/mol. The van der Waals surface area contributed by atoms with Crippen molar-refractivity contribution in [2.45, 2.75) is 6.92 Å². The molecule has 0 aromatic carbocycles. The van der Waals surface area contributed by atoms with Gasteiger partial charge in [-0.3, -0.25) is 0 Å². The van der Waals surface area contributed by atoms with Crippen molar-refractivity contribution in [3.05, 3.63) is 0 Å². The highest BCUT2D eigenvalue weighted by atomic mass is 16.4. The Morgan fingerprint density at radius 1 is 1.50 bits per heavy atom. The van der Waals surface area contributed by atoms with Crippen LogP contribution in [0.1, 0.15) is 6.92 Å². The van der Waals surface area contributed by atoms with Gasteiger partial charge in [0.2, 0.25) is 0 Å². The van der Waals surface area contributed by atoms with E-state index in [0.717, 1.165) is 0 Å². The first-order chi connectivity index (χ1) is 5.50. The highest BCUT2D eigenvalue weighted by Gasteiger charge is 1.85. The summed E-state index contributed by atoms with van der Waals surface area (Å²) in [7, 11) is 0. The van der Waals surface area contributed by atoms with E-state index < -0.39 is 12.2 Å². The summed E-state index contributed by atoms with van der Waals surface area (Å²) in [4.78, 5) is 18.5. The summed E-state index contributed by atoms with van der Waals surface area (Å²) in [6, 6.07) is 0. The van der Waals surface area contributed by atoms with Crippen molar-refractivity contribution in [2.24, 2.45) is 5.73 Å². The summed E-state index contributed by atoms with van der Waals surface area (Å²) >= 11 is 0. The lowest BCUT2D eigenvalue weighted by molar-refractivity contribution is 0.195.